The van der Waals surface area contributed by atoms with Crippen molar-refractivity contribution < 1.29 is 9.53 Å². The number of hydrogen-bond donors (Lipinski definition) is 1. The number of carbonyl (C=O) groups excluding carboxylic acids is 1. The first-order valence-corrected chi connectivity index (χ1v) is 9.25. The highest BCUT2D eigenvalue weighted by Crippen LogP contribution is 2.44. The van der Waals surface area contributed by atoms with E-state index in [1.165, 1.54) is 11.3 Å². The Bertz CT molecular complexity index is 804. The van der Waals surface area contributed by atoms with Crippen LogP contribution in [0.15, 0.2) is 24.4 Å². The van der Waals surface area contributed by atoms with Gasteiger partial charge in [-0.2, -0.15) is 5.10 Å². The number of fused-ring (bicyclic) bond motifs is 2. The third-order valence-corrected chi connectivity index (χ3v) is 5.76. The SMILES string of the molecule is CCOc1ccc(C(=O)N2CCCC3(CCc4cn[nH]c43)C2)cc1Cl. The Hall–Kier alpha value is -2.01. The van der Waals surface area contributed by atoms with Crippen molar-refractivity contribution in [3.63, 3.8) is 0 Å². The quantitative estimate of drug-likeness (QED) is 0.911. The van der Waals surface area contributed by atoms with Gasteiger partial charge in [0.05, 0.1) is 17.8 Å². The van der Waals surface area contributed by atoms with Gasteiger partial charge in [0, 0.05) is 29.8 Å². The molecule has 1 saturated heterocycles. The van der Waals surface area contributed by atoms with Gasteiger partial charge in [-0.15, -0.1) is 0 Å². The normalized spacial score (nSPS) is 22.2. The van der Waals surface area contributed by atoms with Gasteiger partial charge in [-0.3, -0.25) is 9.89 Å². The lowest BCUT2D eigenvalue weighted by atomic mass is 9.77. The molecule has 0 radical (unpaired) electrons. The highest BCUT2D eigenvalue weighted by Gasteiger charge is 2.44. The maximum Gasteiger partial charge on any atom is 0.253 e. The zero-order chi connectivity index (χ0) is 17.4. The van der Waals surface area contributed by atoms with Crippen molar-refractivity contribution in [2.24, 2.45) is 0 Å². The molecule has 1 aliphatic carbocycles. The van der Waals surface area contributed by atoms with Gasteiger partial charge in [-0.05, 0) is 56.4 Å². The van der Waals surface area contributed by atoms with Crippen LogP contribution in [0.1, 0.15) is 47.8 Å². The molecule has 0 saturated carbocycles. The van der Waals surface area contributed by atoms with Crippen LogP contribution in [0, 0.1) is 0 Å². The van der Waals surface area contributed by atoms with Crippen LogP contribution in [0.2, 0.25) is 5.02 Å². The van der Waals surface area contributed by atoms with Gasteiger partial charge in [-0.1, -0.05) is 11.6 Å². The van der Waals surface area contributed by atoms with Crippen molar-refractivity contribution in [3.05, 3.63) is 46.2 Å². The minimum absolute atomic E-state index is 0.0365. The van der Waals surface area contributed by atoms with Crippen LogP contribution in [0.3, 0.4) is 0 Å². The molecule has 2 aromatic rings. The highest BCUT2D eigenvalue weighted by molar-refractivity contribution is 6.32. The summed E-state index contributed by atoms with van der Waals surface area (Å²) in [7, 11) is 0. The second kappa shape index (κ2) is 6.37. The summed E-state index contributed by atoms with van der Waals surface area (Å²) < 4.78 is 5.46. The number of nitrogens with one attached hydrogen (secondary N) is 1. The minimum atomic E-state index is 0.0365. The van der Waals surface area contributed by atoms with Crippen LogP contribution >= 0.6 is 11.6 Å². The van der Waals surface area contributed by atoms with E-state index in [1.54, 1.807) is 18.2 Å². The number of carbonyl (C=O) groups is 1. The average Bonchev–Trinajstić information content (AvgIpc) is 3.21. The number of likely N-dealkylation sites (tertiary alicyclic amines) is 1. The fourth-order valence-corrected chi connectivity index (χ4v) is 4.50. The largest absolute Gasteiger partial charge is 0.492 e. The van der Waals surface area contributed by atoms with Crippen molar-refractivity contribution in [1.82, 2.24) is 15.1 Å². The predicted molar refractivity (Wildman–Crippen MR) is 96.3 cm³/mol. The Morgan fingerprint density at radius 1 is 1.44 bits per heavy atom. The van der Waals surface area contributed by atoms with Crippen LogP contribution < -0.4 is 4.74 Å². The molecule has 1 spiro atoms. The number of aromatic nitrogens is 2. The number of amides is 1. The molecule has 2 heterocycles. The molecule has 25 heavy (non-hydrogen) atoms. The number of H-pyrrole nitrogens is 1. The van der Waals surface area contributed by atoms with Gasteiger partial charge in [0.2, 0.25) is 0 Å². The summed E-state index contributed by atoms with van der Waals surface area (Å²) in [5.74, 6) is 0.658. The Morgan fingerprint density at radius 3 is 3.12 bits per heavy atom. The monoisotopic (exact) mass is 359 g/mol. The van der Waals surface area contributed by atoms with Crippen molar-refractivity contribution in [2.75, 3.05) is 19.7 Å². The molecule has 0 bridgehead atoms. The fourth-order valence-electron chi connectivity index (χ4n) is 4.26. The topological polar surface area (TPSA) is 58.2 Å². The molecule has 1 aromatic heterocycles. The van der Waals surface area contributed by atoms with Crippen LogP contribution in [0.4, 0.5) is 0 Å². The Labute approximate surface area is 152 Å². The standard InChI is InChI=1S/C19H22ClN3O2/c1-2-25-16-5-4-13(10-15(16)20)18(24)23-9-3-7-19(12-23)8-6-14-11-21-22-17(14)19/h4-5,10-11H,2-3,6-9,12H2,1H3,(H,21,22). The summed E-state index contributed by atoms with van der Waals surface area (Å²) in [6.07, 6.45) is 6.18. The third kappa shape index (κ3) is 2.80. The van der Waals surface area contributed by atoms with Crippen LogP contribution in [0.25, 0.3) is 0 Å². The summed E-state index contributed by atoms with van der Waals surface area (Å²) in [4.78, 5) is 15.0. The van der Waals surface area contributed by atoms with Crippen molar-refractivity contribution >= 4 is 17.5 Å². The van der Waals surface area contributed by atoms with Gasteiger partial charge >= 0.3 is 0 Å². The van der Waals surface area contributed by atoms with E-state index >= 15 is 0 Å². The van der Waals surface area contributed by atoms with E-state index in [0.29, 0.717) is 22.9 Å². The van der Waals surface area contributed by atoms with E-state index in [-0.39, 0.29) is 11.3 Å². The Morgan fingerprint density at radius 2 is 2.32 bits per heavy atom. The lowest BCUT2D eigenvalue weighted by Crippen LogP contribution is -2.47. The number of piperidine rings is 1. The Kier molecular flexibility index (Phi) is 4.20. The van der Waals surface area contributed by atoms with Gasteiger partial charge in [0.1, 0.15) is 5.75 Å². The molecule has 1 fully saturated rings. The van der Waals surface area contributed by atoms with Crippen molar-refractivity contribution in [2.45, 2.75) is 38.0 Å². The van der Waals surface area contributed by atoms with Crippen LogP contribution in [0.5, 0.6) is 5.75 Å². The third-order valence-electron chi connectivity index (χ3n) is 5.46. The first kappa shape index (κ1) is 16.5. The number of ether oxygens (including phenoxy) is 1. The number of benzene rings is 1. The van der Waals surface area contributed by atoms with E-state index in [0.717, 1.165) is 38.8 Å². The molecule has 1 amide bonds. The molecule has 2 aliphatic rings. The zero-order valence-corrected chi connectivity index (χ0v) is 15.1. The molecule has 6 heteroatoms. The van der Waals surface area contributed by atoms with Crippen LogP contribution in [-0.4, -0.2) is 40.7 Å². The molecule has 1 aliphatic heterocycles. The number of aryl methyl sites for hydroxylation is 1. The van der Waals surface area contributed by atoms with Crippen molar-refractivity contribution in [3.8, 4) is 5.75 Å². The number of halogens is 1. The lowest BCUT2D eigenvalue weighted by molar-refractivity contribution is 0.0633. The van der Waals surface area contributed by atoms with Crippen LogP contribution in [-0.2, 0) is 11.8 Å². The van der Waals surface area contributed by atoms with E-state index in [2.05, 4.69) is 10.2 Å². The molecule has 132 valence electrons. The number of rotatable bonds is 3. The number of aromatic amines is 1. The first-order valence-electron chi connectivity index (χ1n) is 8.87. The van der Waals surface area contributed by atoms with Gasteiger partial charge in [0.25, 0.3) is 5.91 Å². The smallest absolute Gasteiger partial charge is 0.253 e. The highest BCUT2D eigenvalue weighted by atomic mass is 35.5. The molecule has 1 aromatic carbocycles. The minimum Gasteiger partial charge on any atom is -0.492 e. The molecule has 1 atom stereocenters. The second-order valence-corrected chi connectivity index (χ2v) is 7.37. The summed E-state index contributed by atoms with van der Waals surface area (Å²) in [5.41, 5.74) is 3.19. The predicted octanol–water partition coefficient (Wildman–Crippen LogP) is 3.58. The summed E-state index contributed by atoms with van der Waals surface area (Å²) in [5, 5.41) is 7.87. The molecular weight excluding hydrogens is 338 g/mol. The van der Waals surface area contributed by atoms with Gasteiger partial charge in [0.15, 0.2) is 0 Å². The van der Waals surface area contributed by atoms with E-state index in [1.807, 2.05) is 18.0 Å². The summed E-state index contributed by atoms with van der Waals surface area (Å²) in [6.45, 7) is 3.99. The number of nitrogens with zero attached hydrogens (tertiary/aromatic N) is 2. The summed E-state index contributed by atoms with van der Waals surface area (Å²) >= 11 is 6.26. The van der Waals surface area contributed by atoms with Gasteiger partial charge in [-0.25, -0.2) is 0 Å². The average molecular weight is 360 g/mol. The fraction of sp³-hybridized carbons (Fsp3) is 0.474. The molecule has 5 nitrogen and oxygen atoms in total. The lowest BCUT2D eigenvalue weighted by Gasteiger charge is -2.40. The molecule has 4 rings (SSSR count). The maximum absolute atomic E-state index is 13.0. The molecular formula is C19H22ClN3O2. The summed E-state index contributed by atoms with van der Waals surface area (Å²) in [6, 6.07) is 5.30. The Balaban J connectivity index is 1.56. The number of hydrogen-bond acceptors (Lipinski definition) is 3. The van der Waals surface area contributed by atoms with E-state index in [9.17, 15) is 4.79 Å². The zero-order valence-electron chi connectivity index (χ0n) is 14.3. The first-order chi connectivity index (χ1) is 12.1. The molecule has 1 N–H and O–H groups in total. The maximum atomic E-state index is 13.0. The molecule has 1 unspecified atom stereocenters. The van der Waals surface area contributed by atoms with E-state index in [4.69, 9.17) is 16.3 Å². The van der Waals surface area contributed by atoms with E-state index < -0.39 is 0 Å². The second-order valence-electron chi connectivity index (χ2n) is 6.96. The van der Waals surface area contributed by atoms with Crippen molar-refractivity contribution in [1.29, 1.82) is 0 Å². The van der Waals surface area contributed by atoms with Gasteiger partial charge < -0.3 is 9.64 Å².